The van der Waals surface area contributed by atoms with Crippen LogP contribution in [0.1, 0.15) is 28.9 Å². The van der Waals surface area contributed by atoms with Crippen molar-refractivity contribution in [2.24, 2.45) is 0 Å². The number of hydrogen-bond acceptors (Lipinski definition) is 3. The highest BCUT2D eigenvalue weighted by atomic mass is 32.2. The molecule has 6 heteroatoms. The number of benzene rings is 3. The van der Waals surface area contributed by atoms with E-state index in [9.17, 15) is 13.2 Å². The number of nitrogens with one attached hydrogen (secondary N) is 2. The molecule has 3 rings (SSSR count). The van der Waals surface area contributed by atoms with Gasteiger partial charge in [-0.2, -0.15) is 0 Å². The number of amides is 1. The number of hydrogen-bond donors (Lipinski definition) is 2. The third kappa shape index (κ3) is 3.61. The van der Waals surface area contributed by atoms with Crippen LogP contribution in [-0.4, -0.2) is 21.4 Å². The summed E-state index contributed by atoms with van der Waals surface area (Å²) in [5.41, 5.74) is 1.44. The van der Waals surface area contributed by atoms with Gasteiger partial charge in [0.15, 0.2) is 0 Å². The van der Waals surface area contributed by atoms with Crippen LogP contribution in [0.5, 0.6) is 0 Å². The van der Waals surface area contributed by atoms with Crippen LogP contribution >= 0.6 is 0 Å². The van der Waals surface area contributed by atoms with Crippen LogP contribution in [0.15, 0.2) is 71.6 Å². The molecule has 0 fully saturated rings. The third-order valence-electron chi connectivity index (χ3n) is 4.33. The van der Waals surface area contributed by atoms with Crippen molar-refractivity contribution in [1.82, 2.24) is 10.0 Å². The topological polar surface area (TPSA) is 75.3 Å². The minimum atomic E-state index is -3.51. The fourth-order valence-electron chi connectivity index (χ4n) is 2.89. The van der Waals surface area contributed by atoms with Gasteiger partial charge in [-0.25, -0.2) is 13.1 Å². The molecule has 0 aromatic heterocycles. The summed E-state index contributed by atoms with van der Waals surface area (Å²) in [5, 5.41) is 5.19. The highest BCUT2D eigenvalue weighted by Gasteiger charge is 2.15. The molecule has 0 aliphatic heterocycles. The maximum atomic E-state index is 12.5. The van der Waals surface area contributed by atoms with E-state index in [2.05, 4.69) is 10.0 Å². The Morgan fingerprint density at radius 3 is 2.27 bits per heavy atom. The first-order valence-electron chi connectivity index (χ1n) is 8.24. The van der Waals surface area contributed by atoms with E-state index in [0.717, 1.165) is 16.3 Å². The molecule has 134 valence electrons. The second-order valence-electron chi connectivity index (χ2n) is 6.00. The number of carbonyl (C=O) groups is 1. The van der Waals surface area contributed by atoms with E-state index in [1.165, 1.54) is 31.3 Å². The Kier molecular flexibility index (Phi) is 5.06. The van der Waals surface area contributed by atoms with Crippen LogP contribution in [0.4, 0.5) is 0 Å². The fraction of sp³-hybridized carbons (Fsp3) is 0.150. The van der Waals surface area contributed by atoms with Crippen LogP contribution in [-0.2, 0) is 10.0 Å². The van der Waals surface area contributed by atoms with Gasteiger partial charge in [0.2, 0.25) is 10.0 Å². The molecule has 0 aliphatic carbocycles. The zero-order valence-corrected chi connectivity index (χ0v) is 15.4. The summed E-state index contributed by atoms with van der Waals surface area (Å²) in [4.78, 5) is 12.6. The molecule has 0 bridgehead atoms. The van der Waals surface area contributed by atoms with Crippen molar-refractivity contribution in [2.45, 2.75) is 17.9 Å². The lowest BCUT2D eigenvalue weighted by Crippen LogP contribution is -2.27. The van der Waals surface area contributed by atoms with Crippen LogP contribution in [0.3, 0.4) is 0 Å². The van der Waals surface area contributed by atoms with Crippen molar-refractivity contribution in [3.8, 4) is 0 Å². The lowest BCUT2D eigenvalue weighted by atomic mass is 9.99. The van der Waals surface area contributed by atoms with E-state index >= 15 is 0 Å². The van der Waals surface area contributed by atoms with E-state index in [1.54, 1.807) is 0 Å². The summed E-state index contributed by atoms with van der Waals surface area (Å²) in [6.07, 6.45) is 0. The predicted octanol–water partition coefficient (Wildman–Crippen LogP) is 3.24. The molecular weight excluding hydrogens is 348 g/mol. The fourth-order valence-corrected chi connectivity index (χ4v) is 3.62. The smallest absolute Gasteiger partial charge is 0.251 e. The molecule has 2 N–H and O–H groups in total. The first-order chi connectivity index (χ1) is 12.4. The summed E-state index contributed by atoms with van der Waals surface area (Å²) in [6.45, 7) is 1.93. The Labute approximate surface area is 153 Å². The van der Waals surface area contributed by atoms with Gasteiger partial charge in [-0.3, -0.25) is 4.79 Å². The van der Waals surface area contributed by atoms with Crippen molar-refractivity contribution in [1.29, 1.82) is 0 Å². The van der Waals surface area contributed by atoms with Gasteiger partial charge in [-0.15, -0.1) is 0 Å². The first kappa shape index (κ1) is 18.1. The largest absolute Gasteiger partial charge is 0.345 e. The van der Waals surface area contributed by atoms with E-state index in [4.69, 9.17) is 0 Å². The number of rotatable bonds is 5. The standard InChI is InChI=1S/C20H20N2O3S/c1-14(18-9-5-7-15-6-3-4-8-19(15)18)22-20(23)16-10-12-17(13-11-16)26(24,25)21-2/h3-14,21H,1-2H3,(H,22,23). The molecule has 3 aromatic rings. The Bertz CT molecular complexity index is 1040. The maximum Gasteiger partial charge on any atom is 0.251 e. The molecule has 0 spiro atoms. The lowest BCUT2D eigenvalue weighted by molar-refractivity contribution is 0.0940. The summed E-state index contributed by atoms with van der Waals surface area (Å²) >= 11 is 0. The van der Waals surface area contributed by atoms with Crippen molar-refractivity contribution in [2.75, 3.05) is 7.05 Å². The van der Waals surface area contributed by atoms with Crippen LogP contribution in [0, 0.1) is 0 Å². The molecule has 0 radical (unpaired) electrons. The van der Waals surface area contributed by atoms with Gasteiger partial charge in [-0.1, -0.05) is 42.5 Å². The Hall–Kier alpha value is -2.70. The number of sulfonamides is 1. The number of fused-ring (bicyclic) bond motifs is 1. The van der Waals surface area contributed by atoms with Gasteiger partial charge in [0.1, 0.15) is 0 Å². The second-order valence-corrected chi connectivity index (χ2v) is 7.88. The summed E-state index contributed by atoms with van der Waals surface area (Å²) in [5.74, 6) is -0.251. The second kappa shape index (κ2) is 7.27. The van der Waals surface area contributed by atoms with Gasteiger partial charge in [0.05, 0.1) is 10.9 Å². The van der Waals surface area contributed by atoms with Crippen molar-refractivity contribution < 1.29 is 13.2 Å². The Balaban J connectivity index is 1.81. The van der Waals surface area contributed by atoms with Gasteiger partial charge < -0.3 is 5.32 Å². The lowest BCUT2D eigenvalue weighted by Gasteiger charge is -2.17. The summed E-state index contributed by atoms with van der Waals surface area (Å²) in [7, 11) is -2.16. The molecule has 1 unspecified atom stereocenters. The van der Waals surface area contributed by atoms with E-state index in [1.807, 2.05) is 49.4 Å². The quantitative estimate of drug-likeness (QED) is 0.726. The van der Waals surface area contributed by atoms with Crippen molar-refractivity contribution >= 4 is 26.7 Å². The molecule has 1 amide bonds. The molecular formula is C20H20N2O3S. The molecule has 0 heterocycles. The normalized spacial score (nSPS) is 12.7. The average molecular weight is 368 g/mol. The maximum absolute atomic E-state index is 12.5. The zero-order chi connectivity index (χ0) is 18.7. The summed E-state index contributed by atoms with van der Waals surface area (Å²) < 4.78 is 25.8. The molecule has 1 atom stereocenters. The van der Waals surface area contributed by atoms with Gasteiger partial charge in [-0.05, 0) is 54.6 Å². The SMILES string of the molecule is CNS(=O)(=O)c1ccc(C(=O)NC(C)c2cccc3ccccc23)cc1. The minimum absolute atomic E-state index is 0.124. The third-order valence-corrected chi connectivity index (χ3v) is 5.76. The highest BCUT2D eigenvalue weighted by Crippen LogP contribution is 2.24. The summed E-state index contributed by atoms with van der Waals surface area (Å²) in [6, 6.07) is 19.7. The van der Waals surface area contributed by atoms with E-state index in [0.29, 0.717) is 5.56 Å². The van der Waals surface area contributed by atoms with Gasteiger partial charge in [0.25, 0.3) is 5.91 Å². The van der Waals surface area contributed by atoms with E-state index < -0.39 is 10.0 Å². The van der Waals surface area contributed by atoms with Crippen LogP contribution < -0.4 is 10.0 Å². The molecule has 5 nitrogen and oxygen atoms in total. The molecule has 0 saturated heterocycles. The van der Waals surface area contributed by atoms with Gasteiger partial charge in [0, 0.05) is 5.56 Å². The van der Waals surface area contributed by atoms with Crippen molar-refractivity contribution in [3.63, 3.8) is 0 Å². The van der Waals surface area contributed by atoms with Crippen molar-refractivity contribution in [3.05, 3.63) is 77.9 Å². The zero-order valence-electron chi connectivity index (χ0n) is 14.6. The Morgan fingerprint density at radius 2 is 1.58 bits per heavy atom. The molecule has 3 aromatic carbocycles. The minimum Gasteiger partial charge on any atom is -0.345 e. The molecule has 26 heavy (non-hydrogen) atoms. The van der Waals surface area contributed by atoms with Gasteiger partial charge >= 0.3 is 0 Å². The predicted molar refractivity (Wildman–Crippen MR) is 103 cm³/mol. The first-order valence-corrected chi connectivity index (χ1v) is 9.73. The van der Waals surface area contributed by atoms with Crippen LogP contribution in [0.25, 0.3) is 10.8 Å². The van der Waals surface area contributed by atoms with E-state index in [-0.39, 0.29) is 16.8 Å². The molecule has 0 aliphatic rings. The Morgan fingerprint density at radius 1 is 0.923 bits per heavy atom. The van der Waals surface area contributed by atoms with Crippen LogP contribution in [0.2, 0.25) is 0 Å². The average Bonchev–Trinajstić information content (AvgIpc) is 2.67. The molecule has 0 saturated carbocycles. The highest BCUT2D eigenvalue weighted by molar-refractivity contribution is 7.89. The number of carbonyl (C=O) groups excluding carboxylic acids is 1. The monoisotopic (exact) mass is 368 g/mol.